The van der Waals surface area contributed by atoms with Gasteiger partial charge < -0.3 is 10.0 Å². The van der Waals surface area contributed by atoms with Crippen molar-refractivity contribution in [3.8, 4) is 5.75 Å². The van der Waals surface area contributed by atoms with Gasteiger partial charge in [0.1, 0.15) is 5.75 Å². The highest BCUT2D eigenvalue weighted by Crippen LogP contribution is 2.42. The van der Waals surface area contributed by atoms with Crippen molar-refractivity contribution in [2.24, 2.45) is 0 Å². The predicted molar refractivity (Wildman–Crippen MR) is 124 cm³/mol. The fourth-order valence-corrected chi connectivity index (χ4v) is 4.02. The maximum atomic E-state index is 11.9. The van der Waals surface area contributed by atoms with Crippen LogP contribution in [0, 0.1) is 0 Å². The highest BCUT2D eigenvalue weighted by molar-refractivity contribution is 7.98. The van der Waals surface area contributed by atoms with Gasteiger partial charge in [0, 0.05) is 35.9 Å². The molecule has 29 heavy (non-hydrogen) atoms. The zero-order valence-electron chi connectivity index (χ0n) is 19.1. The third kappa shape index (κ3) is 6.27. The summed E-state index contributed by atoms with van der Waals surface area (Å²) in [6, 6.07) is 12.5. The van der Waals surface area contributed by atoms with E-state index in [0.29, 0.717) is 12.2 Å². The zero-order valence-corrected chi connectivity index (χ0v) is 19.9. The molecule has 0 aliphatic carbocycles. The smallest absolute Gasteiger partial charge is 0.226 e. The molecule has 0 aromatic heterocycles. The molecule has 0 aliphatic heterocycles. The zero-order chi connectivity index (χ0) is 22.0. The number of rotatable bonds is 5. The molecule has 0 atom stereocenters. The van der Waals surface area contributed by atoms with Crippen LogP contribution in [0.15, 0.2) is 41.3 Å². The quantitative estimate of drug-likeness (QED) is 0.620. The van der Waals surface area contributed by atoms with E-state index in [4.69, 9.17) is 0 Å². The van der Waals surface area contributed by atoms with Crippen molar-refractivity contribution < 1.29 is 9.90 Å². The number of phenolic OH excluding ortho intramolecular Hbond substituents is 1. The van der Waals surface area contributed by atoms with Crippen LogP contribution in [0.25, 0.3) is 0 Å². The summed E-state index contributed by atoms with van der Waals surface area (Å²) in [5, 5.41) is 10.9. The van der Waals surface area contributed by atoms with Gasteiger partial charge in [0.15, 0.2) is 0 Å². The lowest BCUT2D eigenvalue weighted by molar-refractivity contribution is -0.127. The lowest BCUT2D eigenvalue weighted by Crippen LogP contribution is -2.23. The minimum Gasteiger partial charge on any atom is -0.507 e. The third-order valence-electron chi connectivity index (χ3n) is 4.98. The largest absolute Gasteiger partial charge is 0.507 e. The number of benzene rings is 2. The maximum Gasteiger partial charge on any atom is 0.226 e. The van der Waals surface area contributed by atoms with Gasteiger partial charge in [-0.3, -0.25) is 4.79 Å². The Morgan fingerprint density at radius 1 is 0.897 bits per heavy atom. The molecular weight excluding hydrogens is 378 g/mol. The molecular formula is C25H35NO2S. The van der Waals surface area contributed by atoms with Gasteiger partial charge in [-0.25, -0.2) is 0 Å². The number of hydrogen-bond donors (Lipinski definition) is 1. The van der Waals surface area contributed by atoms with Gasteiger partial charge in [0.05, 0.1) is 6.42 Å². The SMILES string of the molecule is CN(C)C(=O)Cc1ccc(CSc2cc(C(C)(C)C)c(O)c(C(C)(C)C)c2)cc1. The van der Waals surface area contributed by atoms with Crippen molar-refractivity contribution in [1.29, 1.82) is 0 Å². The molecule has 1 N–H and O–H groups in total. The molecule has 2 rings (SSSR count). The van der Waals surface area contributed by atoms with E-state index in [1.165, 1.54) is 10.5 Å². The third-order valence-corrected chi connectivity index (χ3v) is 6.03. The van der Waals surface area contributed by atoms with E-state index >= 15 is 0 Å². The van der Waals surface area contributed by atoms with Gasteiger partial charge in [-0.05, 0) is 34.1 Å². The Morgan fingerprint density at radius 2 is 1.34 bits per heavy atom. The summed E-state index contributed by atoms with van der Waals surface area (Å²) in [5.41, 5.74) is 3.99. The van der Waals surface area contributed by atoms with Crippen molar-refractivity contribution in [2.75, 3.05) is 14.1 Å². The molecule has 0 saturated carbocycles. The first-order valence-corrected chi connectivity index (χ1v) is 11.1. The molecule has 2 aromatic rings. The van der Waals surface area contributed by atoms with Crippen LogP contribution in [0.1, 0.15) is 63.8 Å². The molecule has 4 heteroatoms. The number of nitrogens with zero attached hydrogens (tertiary/aromatic N) is 1. The van der Waals surface area contributed by atoms with Gasteiger partial charge in [0.2, 0.25) is 5.91 Å². The topological polar surface area (TPSA) is 40.5 Å². The second kappa shape index (κ2) is 8.83. The summed E-state index contributed by atoms with van der Waals surface area (Å²) in [7, 11) is 3.56. The molecule has 0 heterocycles. The Labute approximate surface area is 180 Å². The van der Waals surface area contributed by atoms with Crippen molar-refractivity contribution in [3.05, 3.63) is 58.7 Å². The normalized spacial score (nSPS) is 12.1. The van der Waals surface area contributed by atoms with Crippen molar-refractivity contribution >= 4 is 17.7 Å². The highest BCUT2D eigenvalue weighted by Gasteiger charge is 2.26. The van der Waals surface area contributed by atoms with Crippen molar-refractivity contribution in [3.63, 3.8) is 0 Å². The average Bonchev–Trinajstić information content (AvgIpc) is 2.59. The molecule has 0 aliphatic rings. The molecule has 3 nitrogen and oxygen atoms in total. The van der Waals surface area contributed by atoms with Crippen molar-refractivity contribution in [1.82, 2.24) is 4.90 Å². The number of amides is 1. The monoisotopic (exact) mass is 413 g/mol. The molecule has 0 radical (unpaired) electrons. The Morgan fingerprint density at radius 3 is 1.76 bits per heavy atom. The number of thioether (sulfide) groups is 1. The van der Waals surface area contributed by atoms with Crippen LogP contribution in [0.2, 0.25) is 0 Å². The van der Waals surface area contributed by atoms with E-state index < -0.39 is 0 Å². The minimum atomic E-state index is -0.124. The molecule has 2 aromatic carbocycles. The van der Waals surface area contributed by atoms with Gasteiger partial charge in [-0.1, -0.05) is 65.8 Å². The summed E-state index contributed by atoms with van der Waals surface area (Å²) in [6.45, 7) is 12.8. The van der Waals surface area contributed by atoms with Crippen LogP contribution in [-0.4, -0.2) is 30.0 Å². The first-order valence-electron chi connectivity index (χ1n) is 10.1. The number of phenols is 1. The number of hydrogen-bond acceptors (Lipinski definition) is 3. The van der Waals surface area contributed by atoms with Crippen LogP contribution in [0.3, 0.4) is 0 Å². The number of carbonyl (C=O) groups excluding carboxylic acids is 1. The Bertz CT molecular complexity index is 821. The van der Waals surface area contributed by atoms with Crippen molar-refractivity contribution in [2.45, 2.75) is 69.4 Å². The molecule has 1 amide bonds. The molecule has 0 saturated heterocycles. The van der Waals surface area contributed by atoms with Gasteiger partial charge in [-0.15, -0.1) is 11.8 Å². The average molecular weight is 414 g/mol. The summed E-state index contributed by atoms with van der Waals surface area (Å²) < 4.78 is 0. The van der Waals surface area contributed by atoms with E-state index in [1.54, 1.807) is 30.8 Å². The van der Waals surface area contributed by atoms with Crippen LogP contribution < -0.4 is 0 Å². The molecule has 0 spiro atoms. The van der Waals surface area contributed by atoms with Gasteiger partial charge in [0.25, 0.3) is 0 Å². The van der Waals surface area contributed by atoms with Crippen LogP contribution in [0.5, 0.6) is 5.75 Å². The first kappa shape index (κ1) is 23.3. The summed E-state index contributed by atoms with van der Waals surface area (Å²) in [6.07, 6.45) is 0.433. The van der Waals surface area contributed by atoms with E-state index in [2.05, 4.69) is 65.8 Å². The maximum absolute atomic E-state index is 11.9. The molecule has 0 unspecified atom stereocenters. The van der Waals surface area contributed by atoms with Crippen LogP contribution >= 0.6 is 11.8 Å². The number of aromatic hydroxyl groups is 1. The highest BCUT2D eigenvalue weighted by atomic mass is 32.2. The molecule has 0 fully saturated rings. The van der Waals surface area contributed by atoms with Crippen LogP contribution in [0.4, 0.5) is 0 Å². The fourth-order valence-electron chi connectivity index (χ4n) is 3.09. The first-order chi connectivity index (χ1) is 13.3. The second-order valence-electron chi connectivity index (χ2n) is 9.94. The number of likely N-dealkylation sites (N-methyl/N-ethyl adjacent to an activating group) is 1. The molecule has 0 bridgehead atoms. The summed E-state index contributed by atoms with van der Waals surface area (Å²) in [4.78, 5) is 14.7. The van der Waals surface area contributed by atoms with Crippen LogP contribution in [-0.2, 0) is 27.8 Å². The Hall–Kier alpha value is -1.94. The fraction of sp³-hybridized carbons (Fsp3) is 0.480. The Kier molecular flexibility index (Phi) is 7.10. The Balaban J connectivity index is 2.21. The van der Waals surface area contributed by atoms with E-state index in [0.717, 1.165) is 22.4 Å². The lowest BCUT2D eigenvalue weighted by atomic mass is 9.79. The standard InChI is InChI=1S/C25H35NO2S/c1-24(2,3)20-14-19(15-21(23(20)28)25(4,5)6)29-16-18-11-9-17(10-12-18)13-22(27)26(7)8/h9-12,14-15,28H,13,16H2,1-8H3. The molecule has 158 valence electrons. The summed E-state index contributed by atoms with van der Waals surface area (Å²) in [5.74, 6) is 1.38. The van der Waals surface area contributed by atoms with E-state index in [9.17, 15) is 9.90 Å². The second-order valence-corrected chi connectivity index (χ2v) is 11.0. The van der Waals surface area contributed by atoms with Gasteiger partial charge in [-0.2, -0.15) is 0 Å². The van der Waals surface area contributed by atoms with Gasteiger partial charge >= 0.3 is 0 Å². The number of carbonyl (C=O) groups is 1. The van der Waals surface area contributed by atoms with E-state index in [-0.39, 0.29) is 16.7 Å². The minimum absolute atomic E-state index is 0.112. The lowest BCUT2D eigenvalue weighted by Gasteiger charge is -2.28. The summed E-state index contributed by atoms with van der Waals surface area (Å²) >= 11 is 1.78. The predicted octanol–water partition coefficient (Wildman–Crippen LogP) is 5.91. The van der Waals surface area contributed by atoms with E-state index in [1.807, 2.05) is 12.1 Å².